The molecule has 2 saturated carbocycles. The number of fused-ring (bicyclic) bond motifs is 3. The van der Waals surface area contributed by atoms with Crippen molar-refractivity contribution in [1.82, 2.24) is 37.9 Å². The Balaban J connectivity index is 0.750. The number of imide groups is 1. The Hall–Kier alpha value is -4.68. The van der Waals surface area contributed by atoms with E-state index in [0.717, 1.165) is 61.9 Å². The molecule has 18 heteroatoms. The van der Waals surface area contributed by atoms with Crippen molar-refractivity contribution in [1.29, 1.82) is 0 Å². The fraction of sp³-hybridized carbons (Fsp3) is 0.651. The lowest BCUT2D eigenvalue weighted by Crippen LogP contribution is -2.52. The summed E-state index contributed by atoms with van der Waals surface area (Å²) in [4.78, 5) is 78.9. The molecule has 6 fully saturated rings. The third-order valence-corrected chi connectivity index (χ3v) is 17.2. The van der Waals surface area contributed by atoms with E-state index >= 15 is 0 Å². The number of carbonyl (C=O) groups is 4. The van der Waals surface area contributed by atoms with Crippen molar-refractivity contribution < 1.29 is 27.6 Å². The van der Waals surface area contributed by atoms with E-state index in [9.17, 15) is 32.4 Å². The van der Waals surface area contributed by atoms with Gasteiger partial charge in [0.15, 0.2) is 0 Å². The van der Waals surface area contributed by atoms with E-state index in [1.165, 1.54) is 9.13 Å². The molecule has 7 heterocycles. The monoisotopic (exact) mass is 856 g/mol. The normalized spacial score (nSPS) is 28.2. The minimum Gasteiger partial charge on any atom is -0.351 e. The van der Waals surface area contributed by atoms with Gasteiger partial charge >= 0.3 is 5.69 Å². The average molecular weight is 857 g/mol. The van der Waals surface area contributed by atoms with Crippen LogP contribution in [0.3, 0.4) is 0 Å². The van der Waals surface area contributed by atoms with E-state index in [-0.39, 0.29) is 61.3 Å². The number of anilines is 2. The lowest BCUT2D eigenvalue weighted by molar-refractivity contribution is -0.136. The Morgan fingerprint density at radius 1 is 0.951 bits per heavy atom. The largest absolute Gasteiger partial charge is 0.351 e. The molecule has 2 N–H and O–H groups in total. The summed E-state index contributed by atoms with van der Waals surface area (Å²) < 4.78 is 34.4. The summed E-state index contributed by atoms with van der Waals surface area (Å²) in [7, 11) is -2.08. The van der Waals surface area contributed by atoms with E-state index in [0.29, 0.717) is 81.2 Å². The number of piperidine rings is 2. The van der Waals surface area contributed by atoms with Crippen LogP contribution in [-0.2, 0) is 48.3 Å². The summed E-state index contributed by atoms with van der Waals surface area (Å²) in [5, 5.41) is 5.82. The number of amides is 4. The molecule has 4 saturated heterocycles. The number of rotatable bonds is 10. The summed E-state index contributed by atoms with van der Waals surface area (Å²) in [6, 6.07) is 4.99. The van der Waals surface area contributed by atoms with Gasteiger partial charge in [0.05, 0.1) is 22.0 Å². The van der Waals surface area contributed by atoms with Gasteiger partial charge in [0.25, 0.3) is 10.2 Å². The Kier molecular flexibility index (Phi) is 9.93. The minimum atomic E-state index is -3.75. The molecule has 0 radical (unpaired) electrons. The minimum absolute atomic E-state index is 0.00897. The molecule has 4 atom stereocenters. The van der Waals surface area contributed by atoms with Crippen LogP contribution in [0.25, 0.3) is 11.0 Å². The Labute approximate surface area is 355 Å². The lowest BCUT2D eigenvalue weighted by Gasteiger charge is -2.37. The topological polar surface area (TPSA) is 192 Å². The van der Waals surface area contributed by atoms with Crippen molar-refractivity contribution in [3.8, 4) is 0 Å². The molecule has 0 bridgehead atoms. The van der Waals surface area contributed by atoms with E-state index in [1.807, 2.05) is 34.2 Å². The van der Waals surface area contributed by atoms with Crippen LogP contribution in [0.15, 0.2) is 29.2 Å². The molecule has 4 amide bonds. The Bertz CT molecular complexity index is 2490. The number of hydrogen-bond donors (Lipinski definition) is 2. The number of imidazole rings is 1. The molecule has 10 rings (SSSR count). The van der Waals surface area contributed by atoms with Crippen LogP contribution in [0.2, 0.25) is 0 Å². The predicted molar refractivity (Wildman–Crippen MR) is 226 cm³/mol. The first-order chi connectivity index (χ1) is 29.3. The first kappa shape index (κ1) is 40.4. The highest BCUT2D eigenvalue weighted by Gasteiger charge is 2.62. The molecule has 3 aromatic rings. The molecule has 17 nitrogen and oxygen atoms in total. The summed E-state index contributed by atoms with van der Waals surface area (Å²) in [5.41, 5.74) is 1.89. The molecule has 326 valence electrons. The zero-order valence-corrected chi connectivity index (χ0v) is 35.9. The molecule has 2 spiro atoms. The highest BCUT2D eigenvalue weighted by atomic mass is 32.2. The fourth-order valence-corrected chi connectivity index (χ4v) is 13.4. The molecule has 2 aliphatic carbocycles. The average Bonchev–Trinajstić information content (AvgIpc) is 3.52. The van der Waals surface area contributed by atoms with E-state index < -0.39 is 33.1 Å². The summed E-state index contributed by atoms with van der Waals surface area (Å²) in [6.45, 7) is 4.19. The van der Waals surface area contributed by atoms with Crippen LogP contribution in [-0.4, -0.2) is 115 Å². The second kappa shape index (κ2) is 15.0. The van der Waals surface area contributed by atoms with Gasteiger partial charge in [-0.1, -0.05) is 25.5 Å². The van der Waals surface area contributed by atoms with Crippen molar-refractivity contribution in [3.63, 3.8) is 0 Å². The number of para-hydroxylation sites is 1. The third kappa shape index (κ3) is 6.60. The summed E-state index contributed by atoms with van der Waals surface area (Å²) in [5.74, 6) is 1.04. The van der Waals surface area contributed by atoms with Gasteiger partial charge in [0.2, 0.25) is 29.6 Å². The summed E-state index contributed by atoms with van der Waals surface area (Å²) >= 11 is 0. The van der Waals surface area contributed by atoms with Crippen molar-refractivity contribution in [2.24, 2.45) is 13.0 Å². The van der Waals surface area contributed by atoms with Gasteiger partial charge in [-0.3, -0.25) is 38.5 Å². The Morgan fingerprint density at radius 2 is 1.75 bits per heavy atom. The highest BCUT2D eigenvalue weighted by molar-refractivity contribution is 7.86. The number of aromatic nitrogens is 4. The van der Waals surface area contributed by atoms with E-state index in [1.54, 1.807) is 15.7 Å². The van der Waals surface area contributed by atoms with Crippen molar-refractivity contribution in [3.05, 3.63) is 46.0 Å². The number of benzene rings is 1. The molecule has 2 aromatic heterocycles. The third-order valence-electron chi connectivity index (χ3n) is 15.2. The van der Waals surface area contributed by atoms with Gasteiger partial charge in [-0.2, -0.15) is 22.0 Å². The zero-order chi connectivity index (χ0) is 42.4. The Morgan fingerprint density at radius 3 is 2.49 bits per heavy atom. The maximum atomic E-state index is 14.1. The van der Waals surface area contributed by atoms with Crippen LogP contribution in [0.5, 0.6) is 0 Å². The van der Waals surface area contributed by atoms with Crippen molar-refractivity contribution in [2.45, 2.75) is 132 Å². The van der Waals surface area contributed by atoms with Crippen molar-refractivity contribution >= 4 is 56.6 Å². The van der Waals surface area contributed by atoms with Crippen LogP contribution in [0.1, 0.15) is 114 Å². The van der Waals surface area contributed by atoms with Gasteiger partial charge in [0.1, 0.15) is 11.9 Å². The number of carbonyl (C=O) groups excluding carboxylic acids is 4. The SMILES string of the molecule is CC1CCCC1N1C(=O)C2(CC2)c2cnc(NC3CCN(S(=O)(=O)N4CCC5(CCCN5C(=O)CCCc5cccc6c5n(C)c(=O)n6C5CCC(=O)NC5=O)C4)CC3)nc21. The van der Waals surface area contributed by atoms with Crippen LogP contribution in [0.4, 0.5) is 11.8 Å². The second-order valence-electron chi connectivity index (χ2n) is 18.8. The molecule has 61 heavy (non-hydrogen) atoms. The molecule has 1 aromatic carbocycles. The molecule has 5 aliphatic heterocycles. The number of likely N-dealkylation sites (tertiary alicyclic amines) is 1. The summed E-state index contributed by atoms with van der Waals surface area (Å²) in [6.07, 6.45) is 11.9. The van der Waals surface area contributed by atoms with Crippen LogP contribution < -0.4 is 21.2 Å². The number of aryl methyl sites for hydroxylation is 2. The van der Waals surface area contributed by atoms with Gasteiger partial charge in [-0.15, -0.1) is 0 Å². The maximum absolute atomic E-state index is 14.1. The van der Waals surface area contributed by atoms with Crippen molar-refractivity contribution in [2.75, 3.05) is 42.9 Å². The van der Waals surface area contributed by atoms with E-state index in [2.05, 4.69) is 22.5 Å². The molecule has 4 unspecified atom stereocenters. The lowest BCUT2D eigenvalue weighted by atomic mass is 9.94. The fourth-order valence-electron chi connectivity index (χ4n) is 11.7. The molecular weight excluding hydrogens is 801 g/mol. The molecular formula is C43H56N10O7S. The van der Waals surface area contributed by atoms with Gasteiger partial charge in [-0.25, -0.2) is 9.78 Å². The van der Waals surface area contributed by atoms with Gasteiger partial charge in [0, 0.05) is 76.5 Å². The quantitative estimate of drug-likeness (QED) is 0.287. The van der Waals surface area contributed by atoms with Gasteiger partial charge < -0.3 is 10.2 Å². The standard InChI is InChI=1S/C43H56N10O7S/c1-27-7-3-10-31(27)53-37-30(43(18-19-43)39(53)57)25-44-40(47-37)45-29-15-22-49(23-16-29)61(59,60)50-24-20-42(26-50)17-6-21-51(42)35(55)12-5-9-28-8-4-11-32-36(28)48(2)41(58)52(32)33-13-14-34(54)46-38(33)56/h4,8,11,25,27,29,31,33H,3,5-7,9-10,12-24,26H2,1-2H3,(H,44,45,47)(H,46,54,56). The first-order valence-corrected chi connectivity index (χ1v) is 23.8. The van der Waals surface area contributed by atoms with Gasteiger partial charge in [-0.05, 0) is 94.6 Å². The molecule has 7 aliphatic rings. The zero-order valence-electron chi connectivity index (χ0n) is 35.1. The second-order valence-corrected chi connectivity index (χ2v) is 20.7. The van der Waals surface area contributed by atoms with E-state index in [4.69, 9.17) is 4.98 Å². The van der Waals surface area contributed by atoms with Crippen LogP contribution in [0, 0.1) is 5.92 Å². The smallest absolute Gasteiger partial charge is 0.329 e. The van der Waals surface area contributed by atoms with Crippen LogP contribution >= 0.6 is 0 Å². The number of nitrogens with one attached hydrogen (secondary N) is 2. The highest BCUT2D eigenvalue weighted by Crippen LogP contribution is 2.58. The first-order valence-electron chi connectivity index (χ1n) is 22.4. The predicted octanol–water partition coefficient (Wildman–Crippen LogP) is 2.89. The maximum Gasteiger partial charge on any atom is 0.329 e. The number of hydrogen-bond acceptors (Lipinski definition) is 10. The number of nitrogens with zero attached hydrogens (tertiary/aromatic N) is 8.